The zero-order valence-corrected chi connectivity index (χ0v) is 8.76. The van der Waals surface area contributed by atoms with Crippen molar-refractivity contribution < 1.29 is 4.74 Å². The maximum Gasteiger partial charge on any atom is 0.342 e. The quantitative estimate of drug-likeness (QED) is 0.723. The zero-order chi connectivity index (χ0) is 10.1. The van der Waals surface area contributed by atoms with Crippen LogP contribution < -0.4 is 5.69 Å². The standard InChI is InChI=1S/C8H13N3O2S/c1-13-6-4-2-3-5(6)11-7(12)9-10-8(11)14/h5-6H,2-4H2,1H3,(H,9,12)(H,10,14). The first-order valence-electron chi connectivity index (χ1n) is 4.66. The molecule has 0 spiro atoms. The largest absolute Gasteiger partial charge is 0.379 e. The Kier molecular flexibility index (Phi) is 2.56. The van der Waals surface area contributed by atoms with E-state index in [-0.39, 0.29) is 17.8 Å². The lowest BCUT2D eigenvalue weighted by Crippen LogP contribution is -2.28. The number of hydrogen-bond acceptors (Lipinski definition) is 3. The molecule has 1 aliphatic rings. The summed E-state index contributed by atoms with van der Waals surface area (Å²) in [5.74, 6) is 0. The molecule has 2 rings (SSSR count). The number of ether oxygens (including phenoxy) is 1. The van der Waals surface area contributed by atoms with E-state index in [1.54, 1.807) is 11.7 Å². The monoisotopic (exact) mass is 215 g/mol. The molecule has 2 N–H and O–H groups in total. The molecule has 2 unspecified atom stereocenters. The van der Waals surface area contributed by atoms with Gasteiger partial charge in [0.05, 0.1) is 12.1 Å². The molecule has 0 radical (unpaired) electrons. The molecule has 0 bridgehead atoms. The number of nitrogens with zero attached hydrogens (tertiary/aromatic N) is 1. The maximum absolute atomic E-state index is 11.4. The first-order chi connectivity index (χ1) is 6.74. The molecular weight excluding hydrogens is 202 g/mol. The van der Waals surface area contributed by atoms with Crippen molar-refractivity contribution in [3.63, 3.8) is 0 Å². The van der Waals surface area contributed by atoms with Crippen LogP contribution in [0.2, 0.25) is 0 Å². The van der Waals surface area contributed by atoms with Crippen molar-refractivity contribution in [2.24, 2.45) is 0 Å². The highest BCUT2D eigenvalue weighted by Crippen LogP contribution is 2.30. The van der Waals surface area contributed by atoms with E-state index in [2.05, 4.69) is 10.2 Å². The topological polar surface area (TPSA) is 62.8 Å². The van der Waals surface area contributed by atoms with Crippen molar-refractivity contribution in [3.8, 4) is 0 Å². The van der Waals surface area contributed by atoms with Gasteiger partial charge in [-0.05, 0) is 31.5 Å². The minimum absolute atomic E-state index is 0.0856. The second kappa shape index (κ2) is 3.70. The van der Waals surface area contributed by atoms with Gasteiger partial charge in [0, 0.05) is 7.11 Å². The van der Waals surface area contributed by atoms with Crippen molar-refractivity contribution in [1.29, 1.82) is 0 Å². The van der Waals surface area contributed by atoms with Gasteiger partial charge in [-0.1, -0.05) is 0 Å². The third-order valence-electron chi connectivity index (χ3n) is 2.77. The molecule has 2 atom stereocenters. The average Bonchev–Trinajstić information content (AvgIpc) is 2.73. The number of methoxy groups -OCH3 is 1. The lowest BCUT2D eigenvalue weighted by atomic mass is 10.2. The Morgan fingerprint density at radius 3 is 2.86 bits per heavy atom. The van der Waals surface area contributed by atoms with Crippen molar-refractivity contribution in [3.05, 3.63) is 15.3 Å². The van der Waals surface area contributed by atoms with Crippen molar-refractivity contribution in [1.82, 2.24) is 14.8 Å². The fraction of sp³-hybridized carbons (Fsp3) is 0.750. The van der Waals surface area contributed by atoms with Gasteiger partial charge in [-0.2, -0.15) is 0 Å². The molecule has 78 valence electrons. The fourth-order valence-electron chi connectivity index (χ4n) is 2.10. The lowest BCUT2D eigenvalue weighted by Gasteiger charge is -2.17. The van der Waals surface area contributed by atoms with E-state index in [9.17, 15) is 4.79 Å². The van der Waals surface area contributed by atoms with Crippen LogP contribution in [0.25, 0.3) is 0 Å². The summed E-state index contributed by atoms with van der Waals surface area (Å²) in [6.07, 6.45) is 3.13. The van der Waals surface area contributed by atoms with E-state index < -0.39 is 0 Å². The third kappa shape index (κ3) is 1.44. The molecular formula is C8H13N3O2S. The van der Waals surface area contributed by atoms with Gasteiger partial charge in [-0.3, -0.25) is 9.67 Å². The summed E-state index contributed by atoms with van der Waals surface area (Å²) in [7, 11) is 1.67. The van der Waals surface area contributed by atoms with Crippen molar-refractivity contribution >= 4 is 12.2 Å². The normalized spacial score (nSPS) is 26.9. The molecule has 1 saturated carbocycles. The highest BCUT2D eigenvalue weighted by atomic mass is 32.1. The van der Waals surface area contributed by atoms with Crippen LogP contribution in [0.5, 0.6) is 0 Å². The van der Waals surface area contributed by atoms with Crippen LogP contribution in [0.3, 0.4) is 0 Å². The van der Waals surface area contributed by atoms with E-state index in [0.29, 0.717) is 4.77 Å². The molecule has 14 heavy (non-hydrogen) atoms. The summed E-state index contributed by atoms with van der Waals surface area (Å²) < 4.78 is 7.35. The number of aromatic amines is 2. The highest BCUT2D eigenvalue weighted by molar-refractivity contribution is 7.71. The van der Waals surface area contributed by atoms with E-state index in [1.165, 1.54) is 0 Å². The lowest BCUT2D eigenvalue weighted by molar-refractivity contribution is 0.0734. The van der Waals surface area contributed by atoms with E-state index in [1.807, 2.05) is 0 Å². The molecule has 0 aliphatic heterocycles. The van der Waals surface area contributed by atoms with Gasteiger partial charge >= 0.3 is 5.69 Å². The molecule has 0 aromatic carbocycles. The molecule has 6 heteroatoms. The Balaban J connectivity index is 2.39. The van der Waals surface area contributed by atoms with Crippen LogP contribution in [0, 0.1) is 4.77 Å². The van der Waals surface area contributed by atoms with Crippen molar-refractivity contribution in [2.75, 3.05) is 7.11 Å². The van der Waals surface area contributed by atoms with Crippen LogP contribution >= 0.6 is 12.2 Å². The van der Waals surface area contributed by atoms with Gasteiger partial charge in [0.25, 0.3) is 0 Å². The Labute approximate surface area is 86.1 Å². The Hall–Kier alpha value is -0.880. The van der Waals surface area contributed by atoms with Gasteiger partial charge in [-0.15, -0.1) is 0 Å². The van der Waals surface area contributed by atoms with Gasteiger partial charge in [-0.25, -0.2) is 9.89 Å². The first-order valence-corrected chi connectivity index (χ1v) is 5.07. The fourth-order valence-corrected chi connectivity index (χ4v) is 2.37. The molecule has 0 saturated heterocycles. The van der Waals surface area contributed by atoms with Crippen LogP contribution in [0.15, 0.2) is 4.79 Å². The average molecular weight is 215 g/mol. The van der Waals surface area contributed by atoms with Crippen LogP contribution in [0.1, 0.15) is 25.3 Å². The third-order valence-corrected chi connectivity index (χ3v) is 3.06. The van der Waals surface area contributed by atoms with Crippen LogP contribution in [-0.4, -0.2) is 28.0 Å². The SMILES string of the molecule is COC1CCCC1n1c(=O)[nH][nH]c1=S. The number of aromatic nitrogens is 3. The Morgan fingerprint density at radius 2 is 2.29 bits per heavy atom. The number of H-pyrrole nitrogens is 2. The van der Waals surface area contributed by atoms with Gasteiger partial charge in [0.15, 0.2) is 4.77 Å². The summed E-state index contributed by atoms with van der Waals surface area (Å²) in [5, 5.41) is 5.12. The summed E-state index contributed by atoms with van der Waals surface area (Å²) in [6.45, 7) is 0. The molecule has 0 amide bonds. The van der Waals surface area contributed by atoms with Crippen LogP contribution in [-0.2, 0) is 4.74 Å². The molecule has 1 aliphatic carbocycles. The molecule has 1 aromatic rings. The summed E-state index contributed by atoms with van der Waals surface area (Å²) in [4.78, 5) is 11.4. The number of rotatable bonds is 2. The minimum Gasteiger partial charge on any atom is -0.379 e. The smallest absolute Gasteiger partial charge is 0.342 e. The Bertz CT molecular complexity index is 391. The second-order valence-corrected chi connectivity index (χ2v) is 3.89. The highest BCUT2D eigenvalue weighted by Gasteiger charge is 2.30. The molecule has 1 heterocycles. The van der Waals surface area contributed by atoms with E-state index in [4.69, 9.17) is 17.0 Å². The minimum atomic E-state index is -0.177. The summed E-state index contributed by atoms with van der Waals surface area (Å²) in [6, 6.07) is 0.0856. The summed E-state index contributed by atoms with van der Waals surface area (Å²) in [5.41, 5.74) is -0.177. The zero-order valence-electron chi connectivity index (χ0n) is 7.95. The molecule has 5 nitrogen and oxygen atoms in total. The second-order valence-electron chi connectivity index (χ2n) is 3.50. The van der Waals surface area contributed by atoms with Gasteiger partial charge in [0.2, 0.25) is 0 Å². The molecule has 1 aromatic heterocycles. The van der Waals surface area contributed by atoms with Gasteiger partial charge in [0.1, 0.15) is 0 Å². The Morgan fingerprint density at radius 1 is 1.50 bits per heavy atom. The first kappa shape index (κ1) is 9.67. The van der Waals surface area contributed by atoms with E-state index in [0.717, 1.165) is 19.3 Å². The maximum atomic E-state index is 11.4. The van der Waals surface area contributed by atoms with Gasteiger partial charge < -0.3 is 4.74 Å². The predicted molar refractivity (Wildman–Crippen MR) is 53.9 cm³/mol. The number of hydrogen-bond donors (Lipinski definition) is 2. The van der Waals surface area contributed by atoms with Crippen molar-refractivity contribution in [2.45, 2.75) is 31.4 Å². The van der Waals surface area contributed by atoms with Crippen LogP contribution in [0.4, 0.5) is 0 Å². The van der Waals surface area contributed by atoms with E-state index >= 15 is 0 Å². The predicted octanol–water partition coefficient (Wildman–Crippen LogP) is 0.974. The molecule has 1 fully saturated rings. The number of nitrogens with one attached hydrogen (secondary N) is 2. The summed E-state index contributed by atoms with van der Waals surface area (Å²) >= 11 is 5.03.